The maximum Gasteiger partial charge on any atom is 0.0654 e. The fourth-order valence-electron chi connectivity index (χ4n) is 3.38. The molecule has 1 N–H and O–H groups in total. The third kappa shape index (κ3) is 2.44. The zero-order valence-corrected chi connectivity index (χ0v) is 12.9. The van der Waals surface area contributed by atoms with Crippen LogP contribution in [0.15, 0.2) is 17.0 Å². The van der Waals surface area contributed by atoms with E-state index in [4.69, 9.17) is 4.84 Å². The van der Waals surface area contributed by atoms with Crippen LogP contribution in [0.3, 0.4) is 0 Å². The van der Waals surface area contributed by atoms with E-state index in [0.717, 1.165) is 6.61 Å². The highest BCUT2D eigenvalue weighted by Crippen LogP contribution is 2.57. The zero-order valence-electron chi connectivity index (χ0n) is 12.1. The summed E-state index contributed by atoms with van der Waals surface area (Å²) in [6.45, 7) is 7.18. The van der Waals surface area contributed by atoms with Crippen molar-refractivity contribution in [2.24, 2.45) is 0 Å². The van der Waals surface area contributed by atoms with Crippen molar-refractivity contribution in [2.75, 3.05) is 6.61 Å². The second kappa shape index (κ2) is 5.12. The first-order chi connectivity index (χ1) is 9.13. The molecule has 19 heavy (non-hydrogen) atoms. The van der Waals surface area contributed by atoms with E-state index in [1.54, 1.807) is 0 Å². The Morgan fingerprint density at radius 2 is 2.16 bits per heavy atom. The minimum absolute atomic E-state index is 0.358. The lowest BCUT2D eigenvalue weighted by atomic mass is 9.77. The van der Waals surface area contributed by atoms with Gasteiger partial charge in [-0.15, -0.1) is 11.8 Å². The van der Waals surface area contributed by atoms with Gasteiger partial charge in [0.1, 0.15) is 0 Å². The predicted molar refractivity (Wildman–Crippen MR) is 80.5 cm³/mol. The zero-order chi connectivity index (χ0) is 13.5. The molecule has 1 aliphatic heterocycles. The number of benzene rings is 1. The topological polar surface area (TPSA) is 21.3 Å². The summed E-state index contributed by atoms with van der Waals surface area (Å²) >= 11 is 2.12. The lowest BCUT2D eigenvalue weighted by Crippen LogP contribution is -2.41. The second-order valence-corrected chi connectivity index (χ2v) is 7.45. The van der Waals surface area contributed by atoms with Crippen molar-refractivity contribution in [1.29, 1.82) is 0 Å². The number of hydrogen-bond acceptors (Lipinski definition) is 3. The number of hydroxylamine groups is 1. The fourth-order valence-corrected chi connectivity index (χ4v) is 5.25. The first-order valence-corrected chi connectivity index (χ1v) is 8.13. The number of fused-ring (bicyclic) bond motifs is 1. The molecule has 1 fully saturated rings. The lowest BCUT2D eigenvalue weighted by Gasteiger charge is -2.47. The molecule has 1 heterocycles. The Morgan fingerprint density at radius 3 is 2.79 bits per heavy atom. The molecule has 104 valence electrons. The molecular weight excluding hydrogens is 254 g/mol. The van der Waals surface area contributed by atoms with Crippen LogP contribution >= 0.6 is 11.8 Å². The van der Waals surface area contributed by atoms with Crippen molar-refractivity contribution in [3.63, 3.8) is 0 Å². The normalized spacial score (nSPS) is 24.1. The van der Waals surface area contributed by atoms with E-state index in [0.29, 0.717) is 10.8 Å². The van der Waals surface area contributed by atoms with Crippen LogP contribution in [0.2, 0.25) is 0 Å². The molecule has 3 heteroatoms. The molecule has 2 aliphatic rings. The molecule has 0 bridgehead atoms. The standard InChI is InChI=1S/C16H23NOS/c1-4-18-17-13-10-16(6-5-7-16)19-14-9-11(2)8-12(3)15(13)14/h8-9,13,17H,4-7,10H2,1-3H3. The number of hydrogen-bond donors (Lipinski definition) is 1. The van der Waals surface area contributed by atoms with Crippen molar-refractivity contribution in [2.45, 2.75) is 62.1 Å². The summed E-state index contributed by atoms with van der Waals surface area (Å²) in [5.74, 6) is 0. The minimum Gasteiger partial charge on any atom is -0.302 e. The van der Waals surface area contributed by atoms with Gasteiger partial charge in [0.15, 0.2) is 0 Å². The van der Waals surface area contributed by atoms with E-state index in [9.17, 15) is 0 Å². The summed E-state index contributed by atoms with van der Waals surface area (Å²) in [6.07, 6.45) is 5.30. The summed E-state index contributed by atoms with van der Waals surface area (Å²) in [5, 5.41) is 0. The Hall–Kier alpha value is -0.510. The average molecular weight is 277 g/mol. The summed E-state index contributed by atoms with van der Waals surface area (Å²) in [6, 6.07) is 5.00. The lowest BCUT2D eigenvalue weighted by molar-refractivity contribution is 0.0146. The Morgan fingerprint density at radius 1 is 1.37 bits per heavy atom. The molecule has 1 spiro atoms. The maximum absolute atomic E-state index is 5.52. The van der Waals surface area contributed by atoms with Gasteiger partial charge in [-0.1, -0.05) is 12.5 Å². The van der Waals surface area contributed by atoms with Gasteiger partial charge in [-0.25, -0.2) is 0 Å². The summed E-state index contributed by atoms with van der Waals surface area (Å²) in [5.41, 5.74) is 7.53. The van der Waals surface area contributed by atoms with E-state index in [1.807, 2.05) is 6.92 Å². The Labute approximate surface area is 120 Å². The maximum atomic E-state index is 5.52. The predicted octanol–water partition coefficient (Wildman–Crippen LogP) is 4.30. The molecule has 0 radical (unpaired) electrons. The van der Waals surface area contributed by atoms with Crippen LogP contribution in [0.4, 0.5) is 0 Å². The number of aryl methyl sites for hydroxylation is 2. The minimum atomic E-state index is 0.358. The largest absolute Gasteiger partial charge is 0.302 e. The van der Waals surface area contributed by atoms with E-state index >= 15 is 0 Å². The monoisotopic (exact) mass is 277 g/mol. The van der Waals surface area contributed by atoms with E-state index in [-0.39, 0.29) is 0 Å². The van der Waals surface area contributed by atoms with Crippen LogP contribution in [0.5, 0.6) is 0 Å². The third-order valence-electron chi connectivity index (χ3n) is 4.38. The quantitative estimate of drug-likeness (QED) is 0.832. The highest BCUT2D eigenvalue weighted by atomic mass is 32.2. The Bertz CT molecular complexity index is 482. The van der Waals surface area contributed by atoms with E-state index in [2.05, 4.69) is 43.2 Å². The Balaban J connectivity index is 1.97. The smallest absolute Gasteiger partial charge is 0.0654 e. The van der Waals surface area contributed by atoms with Gasteiger partial charge in [-0.3, -0.25) is 0 Å². The molecule has 3 rings (SSSR count). The number of nitrogens with one attached hydrogen (secondary N) is 1. The number of thioether (sulfide) groups is 1. The summed E-state index contributed by atoms with van der Waals surface area (Å²) in [4.78, 5) is 6.99. The first-order valence-electron chi connectivity index (χ1n) is 7.31. The molecule has 0 aromatic heterocycles. The molecule has 1 atom stereocenters. The van der Waals surface area contributed by atoms with Crippen molar-refractivity contribution in [3.05, 3.63) is 28.8 Å². The molecular formula is C16H23NOS. The van der Waals surface area contributed by atoms with Gasteiger partial charge >= 0.3 is 0 Å². The van der Waals surface area contributed by atoms with Crippen molar-refractivity contribution < 1.29 is 4.84 Å². The van der Waals surface area contributed by atoms with E-state index < -0.39 is 0 Å². The third-order valence-corrected chi connectivity index (χ3v) is 5.94. The van der Waals surface area contributed by atoms with Gasteiger partial charge in [-0.2, -0.15) is 5.48 Å². The van der Waals surface area contributed by atoms with Crippen LogP contribution in [0, 0.1) is 13.8 Å². The van der Waals surface area contributed by atoms with Gasteiger partial charge in [-0.05, 0) is 62.8 Å². The van der Waals surface area contributed by atoms with Crippen LogP contribution in [0.1, 0.15) is 55.3 Å². The highest BCUT2D eigenvalue weighted by molar-refractivity contribution is 8.00. The SMILES string of the molecule is CCONC1CC2(CCC2)Sc2cc(C)cc(C)c21. The van der Waals surface area contributed by atoms with Crippen LogP contribution in [0.25, 0.3) is 0 Å². The second-order valence-electron chi connectivity index (χ2n) is 5.94. The van der Waals surface area contributed by atoms with Gasteiger partial charge < -0.3 is 4.84 Å². The van der Waals surface area contributed by atoms with Crippen LogP contribution in [-0.4, -0.2) is 11.4 Å². The van der Waals surface area contributed by atoms with Crippen molar-refractivity contribution >= 4 is 11.8 Å². The summed E-state index contributed by atoms with van der Waals surface area (Å²) in [7, 11) is 0. The van der Waals surface area contributed by atoms with Gasteiger partial charge in [0, 0.05) is 9.64 Å². The molecule has 1 unspecified atom stereocenters. The van der Waals surface area contributed by atoms with Crippen LogP contribution < -0.4 is 5.48 Å². The molecule has 1 aromatic rings. The van der Waals surface area contributed by atoms with Gasteiger partial charge in [0.2, 0.25) is 0 Å². The van der Waals surface area contributed by atoms with Crippen molar-refractivity contribution in [1.82, 2.24) is 5.48 Å². The van der Waals surface area contributed by atoms with Crippen LogP contribution in [-0.2, 0) is 4.84 Å². The summed E-state index contributed by atoms with van der Waals surface area (Å²) < 4.78 is 0.474. The van der Waals surface area contributed by atoms with Gasteiger partial charge in [0.25, 0.3) is 0 Å². The number of rotatable bonds is 3. The van der Waals surface area contributed by atoms with Gasteiger partial charge in [0.05, 0.1) is 12.6 Å². The van der Waals surface area contributed by atoms with Crippen molar-refractivity contribution in [3.8, 4) is 0 Å². The van der Waals surface area contributed by atoms with E-state index in [1.165, 1.54) is 47.3 Å². The highest BCUT2D eigenvalue weighted by Gasteiger charge is 2.44. The average Bonchev–Trinajstić information content (AvgIpc) is 2.32. The molecule has 1 aliphatic carbocycles. The molecule has 0 saturated heterocycles. The Kier molecular flexibility index (Phi) is 3.63. The first kappa shape index (κ1) is 13.5. The molecule has 1 saturated carbocycles. The molecule has 0 amide bonds. The molecule has 1 aromatic carbocycles. The fraction of sp³-hybridized carbons (Fsp3) is 0.625. The molecule has 2 nitrogen and oxygen atoms in total.